The Morgan fingerprint density at radius 2 is 2.00 bits per heavy atom. The molecule has 6 heteroatoms. The number of benzene rings is 1. The molecule has 0 spiro atoms. The van der Waals surface area contributed by atoms with Gasteiger partial charge in [0.05, 0.1) is 5.71 Å². The molecule has 2 amide bonds. The van der Waals surface area contributed by atoms with Crippen molar-refractivity contribution in [3.63, 3.8) is 0 Å². The van der Waals surface area contributed by atoms with Crippen LogP contribution < -0.4 is 10.7 Å². The summed E-state index contributed by atoms with van der Waals surface area (Å²) in [6.45, 7) is 1.98. The maximum Gasteiger partial charge on any atom is 0.240 e. The van der Waals surface area contributed by atoms with Gasteiger partial charge in [0, 0.05) is 29.3 Å². The second kappa shape index (κ2) is 6.08. The highest BCUT2D eigenvalue weighted by Crippen LogP contribution is 2.32. The van der Waals surface area contributed by atoms with Crippen LogP contribution in [0.4, 0.5) is 5.69 Å². The van der Waals surface area contributed by atoms with Crippen LogP contribution in [0.15, 0.2) is 29.4 Å². The van der Waals surface area contributed by atoms with Crippen LogP contribution in [0.2, 0.25) is 0 Å². The number of hydrogen-bond donors (Lipinski definition) is 2. The molecular formula is C16H18ClN3O2. The number of carbonyl (C=O) groups is 2. The number of hydrazone groups is 1. The third-order valence-electron chi connectivity index (χ3n) is 4.16. The van der Waals surface area contributed by atoms with E-state index in [1.807, 2.05) is 31.2 Å². The minimum absolute atomic E-state index is 0.0279. The number of alkyl halides is 1. The van der Waals surface area contributed by atoms with Crippen LogP contribution in [0.1, 0.15) is 31.7 Å². The number of rotatable bonds is 3. The molecule has 2 aliphatic rings. The lowest BCUT2D eigenvalue weighted by Gasteiger charge is -2.29. The molecule has 116 valence electrons. The Balaban J connectivity index is 1.65. The van der Waals surface area contributed by atoms with Crippen molar-refractivity contribution in [2.75, 3.05) is 5.32 Å². The SMILES string of the molecule is CC1CC(=O)NN=C1c1ccc(NC(=O)C2CC(Cl)C2)cc1. The number of halogens is 1. The van der Waals surface area contributed by atoms with Crippen LogP contribution in [-0.4, -0.2) is 22.9 Å². The lowest BCUT2D eigenvalue weighted by atomic mass is 9.84. The van der Waals surface area contributed by atoms with E-state index in [1.165, 1.54) is 0 Å². The molecule has 0 bridgehead atoms. The molecule has 1 saturated carbocycles. The number of hydrogen-bond acceptors (Lipinski definition) is 3. The standard InChI is InChI=1S/C16H18ClN3O2/c1-9-6-14(21)19-20-15(9)10-2-4-13(5-3-10)18-16(22)11-7-12(17)8-11/h2-5,9,11-12H,6-8H2,1H3,(H,18,22)(H,19,21). The zero-order valence-electron chi connectivity index (χ0n) is 12.3. The molecule has 5 nitrogen and oxygen atoms in total. The van der Waals surface area contributed by atoms with Gasteiger partial charge in [-0.3, -0.25) is 9.59 Å². The summed E-state index contributed by atoms with van der Waals surface area (Å²) in [4.78, 5) is 23.2. The number of nitrogens with one attached hydrogen (secondary N) is 2. The Kier molecular flexibility index (Phi) is 4.16. The molecule has 22 heavy (non-hydrogen) atoms. The van der Waals surface area contributed by atoms with E-state index in [1.54, 1.807) is 0 Å². The predicted octanol–water partition coefficient (Wildman–Crippen LogP) is 2.50. The van der Waals surface area contributed by atoms with E-state index in [-0.39, 0.29) is 29.0 Å². The summed E-state index contributed by atoms with van der Waals surface area (Å²) in [5.41, 5.74) is 5.09. The summed E-state index contributed by atoms with van der Waals surface area (Å²) in [6.07, 6.45) is 1.94. The number of carbonyl (C=O) groups excluding carboxylic acids is 2. The van der Waals surface area contributed by atoms with E-state index >= 15 is 0 Å². The van der Waals surface area contributed by atoms with Crippen LogP contribution in [0.25, 0.3) is 0 Å². The maximum absolute atomic E-state index is 12.0. The van der Waals surface area contributed by atoms with Crippen LogP contribution in [0, 0.1) is 11.8 Å². The van der Waals surface area contributed by atoms with E-state index in [0.29, 0.717) is 6.42 Å². The first-order valence-corrected chi connectivity index (χ1v) is 7.88. The average Bonchev–Trinajstić information content (AvgIpc) is 2.45. The summed E-state index contributed by atoms with van der Waals surface area (Å²) in [6, 6.07) is 7.53. The summed E-state index contributed by atoms with van der Waals surface area (Å²) >= 11 is 5.90. The molecule has 1 aliphatic heterocycles. The summed E-state index contributed by atoms with van der Waals surface area (Å²) in [7, 11) is 0. The first kappa shape index (κ1) is 15.0. The molecule has 2 N–H and O–H groups in total. The highest BCUT2D eigenvalue weighted by Gasteiger charge is 2.33. The molecule has 0 radical (unpaired) electrons. The van der Waals surface area contributed by atoms with E-state index in [4.69, 9.17) is 11.6 Å². The van der Waals surface area contributed by atoms with Gasteiger partial charge in [-0.25, -0.2) is 5.43 Å². The fourth-order valence-electron chi connectivity index (χ4n) is 2.73. The van der Waals surface area contributed by atoms with Crippen molar-refractivity contribution < 1.29 is 9.59 Å². The highest BCUT2D eigenvalue weighted by atomic mass is 35.5. The molecule has 1 atom stereocenters. The van der Waals surface area contributed by atoms with Gasteiger partial charge in [0.2, 0.25) is 11.8 Å². The molecule has 1 aromatic rings. The van der Waals surface area contributed by atoms with Crippen molar-refractivity contribution in [1.29, 1.82) is 0 Å². The van der Waals surface area contributed by atoms with Gasteiger partial charge >= 0.3 is 0 Å². The fraction of sp³-hybridized carbons (Fsp3) is 0.438. The lowest BCUT2D eigenvalue weighted by molar-refractivity contribution is -0.122. The van der Waals surface area contributed by atoms with Gasteiger partial charge in [-0.15, -0.1) is 11.6 Å². The van der Waals surface area contributed by atoms with E-state index in [2.05, 4.69) is 15.8 Å². The van der Waals surface area contributed by atoms with Gasteiger partial charge in [-0.1, -0.05) is 19.1 Å². The molecule has 1 aromatic carbocycles. The minimum Gasteiger partial charge on any atom is -0.326 e. The normalized spacial score (nSPS) is 27.5. The highest BCUT2D eigenvalue weighted by molar-refractivity contribution is 6.21. The molecule has 1 unspecified atom stereocenters. The molecule has 1 heterocycles. The number of anilines is 1. The second-order valence-corrected chi connectivity index (χ2v) is 6.59. The van der Waals surface area contributed by atoms with Gasteiger partial charge in [0.15, 0.2) is 0 Å². The van der Waals surface area contributed by atoms with Crippen LogP contribution in [0.5, 0.6) is 0 Å². The minimum atomic E-state index is -0.0572. The molecule has 0 aromatic heterocycles. The van der Waals surface area contributed by atoms with Crippen molar-refractivity contribution in [2.45, 2.75) is 31.6 Å². The maximum atomic E-state index is 12.0. The lowest BCUT2D eigenvalue weighted by Crippen LogP contribution is -2.35. The zero-order chi connectivity index (χ0) is 15.7. The van der Waals surface area contributed by atoms with Crippen LogP contribution >= 0.6 is 11.6 Å². The molecule has 1 fully saturated rings. The van der Waals surface area contributed by atoms with Gasteiger partial charge in [-0.05, 0) is 30.5 Å². The Bertz CT molecular complexity index is 621. The van der Waals surface area contributed by atoms with Gasteiger partial charge < -0.3 is 5.32 Å². The van der Waals surface area contributed by atoms with Gasteiger partial charge in [0.1, 0.15) is 0 Å². The summed E-state index contributed by atoms with van der Waals surface area (Å²) in [5.74, 6) is 0.0865. The van der Waals surface area contributed by atoms with Gasteiger partial charge in [0.25, 0.3) is 0 Å². The van der Waals surface area contributed by atoms with E-state index in [0.717, 1.165) is 29.8 Å². The third kappa shape index (κ3) is 3.14. The molecule has 1 aliphatic carbocycles. The monoisotopic (exact) mass is 319 g/mol. The Hall–Kier alpha value is -1.88. The van der Waals surface area contributed by atoms with Crippen molar-refractivity contribution >= 4 is 34.8 Å². The smallest absolute Gasteiger partial charge is 0.240 e. The Morgan fingerprint density at radius 1 is 1.32 bits per heavy atom. The Labute approximate surface area is 134 Å². The van der Waals surface area contributed by atoms with E-state index in [9.17, 15) is 9.59 Å². The van der Waals surface area contributed by atoms with Crippen molar-refractivity contribution in [3.05, 3.63) is 29.8 Å². The van der Waals surface area contributed by atoms with E-state index < -0.39 is 0 Å². The predicted molar refractivity (Wildman–Crippen MR) is 85.9 cm³/mol. The number of amides is 2. The quantitative estimate of drug-likeness (QED) is 0.840. The average molecular weight is 320 g/mol. The third-order valence-corrected chi connectivity index (χ3v) is 4.52. The van der Waals surface area contributed by atoms with Crippen LogP contribution in [-0.2, 0) is 9.59 Å². The fourth-order valence-corrected chi connectivity index (χ4v) is 3.16. The Morgan fingerprint density at radius 3 is 2.59 bits per heavy atom. The topological polar surface area (TPSA) is 70.6 Å². The summed E-state index contributed by atoms with van der Waals surface area (Å²) in [5, 5.41) is 7.17. The molecule has 0 saturated heterocycles. The first-order chi connectivity index (χ1) is 10.5. The first-order valence-electron chi connectivity index (χ1n) is 7.44. The van der Waals surface area contributed by atoms with Gasteiger partial charge in [-0.2, -0.15) is 5.10 Å². The van der Waals surface area contributed by atoms with Crippen molar-refractivity contribution in [2.24, 2.45) is 16.9 Å². The summed E-state index contributed by atoms with van der Waals surface area (Å²) < 4.78 is 0. The largest absolute Gasteiger partial charge is 0.326 e. The molecule has 3 rings (SSSR count). The van der Waals surface area contributed by atoms with Crippen LogP contribution in [0.3, 0.4) is 0 Å². The van der Waals surface area contributed by atoms with Crippen molar-refractivity contribution in [3.8, 4) is 0 Å². The molecular weight excluding hydrogens is 302 g/mol. The zero-order valence-corrected chi connectivity index (χ0v) is 13.1. The second-order valence-electron chi connectivity index (χ2n) is 5.97. The number of nitrogens with zero attached hydrogens (tertiary/aromatic N) is 1. The van der Waals surface area contributed by atoms with Crippen molar-refractivity contribution in [1.82, 2.24) is 5.43 Å².